The maximum absolute atomic E-state index is 12.0. The van der Waals surface area contributed by atoms with Gasteiger partial charge in [-0.25, -0.2) is 4.79 Å². The van der Waals surface area contributed by atoms with Crippen molar-refractivity contribution < 1.29 is 19.1 Å². The Morgan fingerprint density at radius 1 is 1.09 bits per heavy atom. The molecule has 0 aliphatic heterocycles. The van der Waals surface area contributed by atoms with Crippen molar-refractivity contribution in [2.24, 2.45) is 5.92 Å². The van der Waals surface area contributed by atoms with Crippen LogP contribution in [0.25, 0.3) is 0 Å². The molecule has 114 valence electrons. The molecule has 0 bridgehead atoms. The lowest BCUT2D eigenvalue weighted by atomic mass is 10.2. The number of carbonyl (C=O) groups excluding carboxylic acids is 2. The molecule has 0 heterocycles. The summed E-state index contributed by atoms with van der Waals surface area (Å²) < 4.78 is 10.8. The fourth-order valence-electron chi connectivity index (χ4n) is 1.77. The van der Waals surface area contributed by atoms with Crippen LogP contribution in [0.3, 0.4) is 0 Å². The van der Waals surface area contributed by atoms with Gasteiger partial charge in [-0.05, 0) is 42.3 Å². The summed E-state index contributed by atoms with van der Waals surface area (Å²) in [4.78, 5) is 22.7. The Labute approximate surface area is 129 Å². The van der Waals surface area contributed by atoms with Crippen LogP contribution >= 0.6 is 0 Å². The second-order valence-corrected chi connectivity index (χ2v) is 5.31. The second kappa shape index (κ2) is 7.41. The van der Waals surface area contributed by atoms with Crippen molar-refractivity contribution in [3.05, 3.63) is 59.7 Å². The van der Waals surface area contributed by atoms with E-state index >= 15 is 0 Å². The normalized spacial score (nSPS) is 10.3. The summed E-state index contributed by atoms with van der Waals surface area (Å²) in [5.74, 6) is 1.02. The molecule has 0 fully saturated rings. The van der Waals surface area contributed by atoms with E-state index in [0.717, 1.165) is 0 Å². The van der Waals surface area contributed by atoms with Gasteiger partial charge in [0.2, 0.25) is 0 Å². The van der Waals surface area contributed by atoms with E-state index in [0.29, 0.717) is 41.4 Å². The maximum atomic E-state index is 12.0. The third-order valence-corrected chi connectivity index (χ3v) is 2.88. The number of aldehydes is 1. The molecule has 4 heteroatoms. The summed E-state index contributed by atoms with van der Waals surface area (Å²) in [6, 6.07) is 13.2. The zero-order valence-electron chi connectivity index (χ0n) is 12.6. The molecule has 0 saturated heterocycles. The molecule has 2 rings (SSSR count). The third kappa shape index (κ3) is 4.45. The smallest absolute Gasteiger partial charge is 0.343 e. The first kappa shape index (κ1) is 15.8. The summed E-state index contributed by atoms with van der Waals surface area (Å²) in [5.41, 5.74) is 0.885. The highest BCUT2D eigenvalue weighted by Crippen LogP contribution is 2.17. The van der Waals surface area contributed by atoms with Crippen molar-refractivity contribution in [2.45, 2.75) is 13.8 Å². The summed E-state index contributed by atoms with van der Waals surface area (Å²) in [6.45, 7) is 4.76. The number of carbonyl (C=O) groups is 2. The highest BCUT2D eigenvalue weighted by atomic mass is 16.5. The minimum Gasteiger partial charge on any atom is -0.493 e. The Morgan fingerprint density at radius 3 is 2.45 bits per heavy atom. The molecule has 0 N–H and O–H groups in total. The minimum absolute atomic E-state index is 0.342. The number of esters is 1. The SMILES string of the molecule is CC(C)COc1ccc(C(=O)Oc2cccc(C=O)c2)cc1. The van der Waals surface area contributed by atoms with Crippen LogP contribution in [0.1, 0.15) is 34.6 Å². The lowest BCUT2D eigenvalue weighted by Gasteiger charge is -2.09. The van der Waals surface area contributed by atoms with Crippen LogP contribution < -0.4 is 9.47 Å². The zero-order chi connectivity index (χ0) is 15.9. The molecule has 0 spiro atoms. The molecule has 0 atom stereocenters. The molecule has 0 aromatic heterocycles. The van der Waals surface area contributed by atoms with Crippen LogP contribution in [-0.2, 0) is 0 Å². The molecule has 0 aliphatic rings. The Morgan fingerprint density at radius 2 is 1.82 bits per heavy atom. The van der Waals surface area contributed by atoms with Crippen LogP contribution in [0.2, 0.25) is 0 Å². The van der Waals surface area contributed by atoms with Crippen molar-refractivity contribution in [1.29, 1.82) is 0 Å². The van der Waals surface area contributed by atoms with Gasteiger partial charge in [-0.3, -0.25) is 4.79 Å². The van der Waals surface area contributed by atoms with E-state index in [4.69, 9.17) is 9.47 Å². The fourth-order valence-corrected chi connectivity index (χ4v) is 1.77. The lowest BCUT2D eigenvalue weighted by Crippen LogP contribution is -2.09. The molecule has 4 nitrogen and oxygen atoms in total. The van der Waals surface area contributed by atoms with E-state index in [2.05, 4.69) is 13.8 Å². The van der Waals surface area contributed by atoms with Crippen LogP contribution in [0, 0.1) is 5.92 Å². The predicted octanol–water partition coefficient (Wildman–Crippen LogP) is 3.75. The topological polar surface area (TPSA) is 52.6 Å². The number of rotatable bonds is 6. The number of benzene rings is 2. The van der Waals surface area contributed by atoms with Gasteiger partial charge in [0.05, 0.1) is 12.2 Å². The Bertz CT molecular complexity index is 644. The molecule has 2 aromatic carbocycles. The largest absolute Gasteiger partial charge is 0.493 e. The van der Waals surface area contributed by atoms with Gasteiger partial charge in [0.15, 0.2) is 0 Å². The fraction of sp³-hybridized carbons (Fsp3) is 0.222. The molecule has 0 amide bonds. The molecule has 22 heavy (non-hydrogen) atoms. The Hall–Kier alpha value is -2.62. The lowest BCUT2D eigenvalue weighted by molar-refractivity contribution is 0.0734. The first-order chi connectivity index (χ1) is 10.6. The number of hydrogen-bond donors (Lipinski definition) is 0. The Kier molecular flexibility index (Phi) is 5.31. The predicted molar refractivity (Wildman–Crippen MR) is 83.6 cm³/mol. The average Bonchev–Trinajstić information content (AvgIpc) is 2.53. The van der Waals surface area contributed by atoms with E-state index in [9.17, 15) is 9.59 Å². The average molecular weight is 298 g/mol. The second-order valence-electron chi connectivity index (χ2n) is 5.31. The molecule has 0 unspecified atom stereocenters. The highest BCUT2D eigenvalue weighted by Gasteiger charge is 2.09. The van der Waals surface area contributed by atoms with E-state index in [1.165, 1.54) is 6.07 Å². The van der Waals surface area contributed by atoms with Gasteiger partial charge < -0.3 is 9.47 Å². The van der Waals surface area contributed by atoms with Crippen LogP contribution in [0.4, 0.5) is 0 Å². The van der Waals surface area contributed by atoms with Crippen LogP contribution in [-0.4, -0.2) is 18.9 Å². The molecule has 0 saturated carbocycles. The standard InChI is InChI=1S/C18H18O4/c1-13(2)12-21-16-8-6-15(7-9-16)18(20)22-17-5-3-4-14(10-17)11-19/h3-11,13H,12H2,1-2H3. The van der Waals surface area contributed by atoms with E-state index in [1.54, 1.807) is 42.5 Å². The van der Waals surface area contributed by atoms with Crippen molar-refractivity contribution in [1.82, 2.24) is 0 Å². The molecule has 0 radical (unpaired) electrons. The third-order valence-electron chi connectivity index (χ3n) is 2.88. The molecule has 0 aliphatic carbocycles. The molecule has 2 aromatic rings. The van der Waals surface area contributed by atoms with Gasteiger partial charge >= 0.3 is 5.97 Å². The van der Waals surface area contributed by atoms with E-state index < -0.39 is 5.97 Å². The van der Waals surface area contributed by atoms with Gasteiger partial charge in [-0.1, -0.05) is 26.0 Å². The van der Waals surface area contributed by atoms with Crippen LogP contribution in [0.15, 0.2) is 48.5 Å². The van der Waals surface area contributed by atoms with Crippen molar-refractivity contribution in [2.75, 3.05) is 6.61 Å². The first-order valence-electron chi connectivity index (χ1n) is 7.09. The van der Waals surface area contributed by atoms with E-state index in [-0.39, 0.29) is 0 Å². The molecular formula is C18H18O4. The van der Waals surface area contributed by atoms with Crippen molar-refractivity contribution in [3.8, 4) is 11.5 Å². The van der Waals surface area contributed by atoms with Gasteiger partial charge in [0, 0.05) is 5.56 Å². The van der Waals surface area contributed by atoms with Crippen molar-refractivity contribution in [3.63, 3.8) is 0 Å². The van der Waals surface area contributed by atoms with Gasteiger partial charge in [0.1, 0.15) is 17.8 Å². The van der Waals surface area contributed by atoms with Gasteiger partial charge in [0.25, 0.3) is 0 Å². The number of ether oxygens (including phenoxy) is 2. The van der Waals surface area contributed by atoms with Gasteiger partial charge in [-0.2, -0.15) is 0 Å². The number of hydrogen-bond acceptors (Lipinski definition) is 4. The quantitative estimate of drug-likeness (QED) is 0.463. The summed E-state index contributed by atoms with van der Waals surface area (Å²) >= 11 is 0. The monoisotopic (exact) mass is 298 g/mol. The zero-order valence-corrected chi connectivity index (χ0v) is 12.6. The minimum atomic E-state index is -0.474. The van der Waals surface area contributed by atoms with Crippen molar-refractivity contribution >= 4 is 12.3 Å². The summed E-state index contributed by atoms with van der Waals surface area (Å²) in [6.07, 6.45) is 0.707. The Balaban J connectivity index is 2.01. The van der Waals surface area contributed by atoms with E-state index in [1.807, 2.05) is 0 Å². The first-order valence-corrected chi connectivity index (χ1v) is 7.09. The summed E-state index contributed by atoms with van der Waals surface area (Å²) in [7, 11) is 0. The van der Waals surface area contributed by atoms with Crippen LogP contribution in [0.5, 0.6) is 11.5 Å². The van der Waals surface area contributed by atoms with Gasteiger partial charge in [-0.15, -0.1) is 0 Å². The summed E-state index contributed by atoms with van der Waals surface area (Å²) in [5, 5.41) is 0. The maximum Gasteiger partial charge on any atom is 0.343 e. The molecular weight excluding hydrogens is 280 g/mol. The highest BCUT2D eigenvalue weighted by molar-refractivity contribution is 5.91.